The zero-order valence-corrected chi connectivity index (χ0v) is 14.6. The van der Waals surface area contributed by atoms with Gasteiger partial charge in [-0.3, -0.25) is 4.79 Å². The number of hydrogen-bond acceptors (Lipinski definition) is 5. The number of thioether (sulfide) groups is 1. The number of nitrogens with zero attached hydrogens (tertiary/aromatic N) is 4. The lowest BCUT2D eigenvalue weighted by atomic mass is 10.2. The summed E-state index contributed by atoms with van der Waals surface area (Å²) in [5, 5.41) is 13.8. The van der Waals surface area contributed by atoms with Crippen LogP contribution in [-0.2, 0) is 11.3 Å². The van der Waals surface area contributed by atoms with E-state index in [1.165, 1.54) is 6.07 Å². The minimum Gasteiger partial charge on any atom is -0.323 e. The minimum absolute atomic E-state index is 0.0762. The first-order chi connectivity index (χ1) is 12.5. The third-order valence-electron chi connectivity index (χ3n) is 3.51. The Kier molecular flexibility index (Phi) is 5.57. The van der Waals surface area contributed by atoms with Gasteiger partial charge in [-0.25, -0.2) is 13.5 Å². The first-order valence-corrected chi connectivity index (χ1v) is 8.63. The first kappa shape index (κ1) is 18.0. The van der Waals surface area contributed by atoms with E-state index >= 15 is 0 Å². The molecule has 9 heteroatoms. The van der Waals surface area contributed by atoms with Crippen molar-refractivity contribution >= 4 is 23.4 Å². The quantitative estimate of drug-likeness (QED) is 0.670. The standard InChI is InChI=1S/C17H15F2N5OS/c1-11(16(25)20-15-8-7-13(18)9-14(15)19)26-17-21-22-23-24(17)10-12-5-3-2-4-6-12/h2-9,11H,10H2,1H3,(H,20,25). The van der Waals surface area contributed by atoms with E-state index in [9.17, 15) is 13.6 Å². The van der Waals surface area contributed by atoms with Crippen LogP contribution in [0.25, 0.3) is 0 Å². The van der Waals surface area contributed by atoms with Gasteiger partial charge in [0.1, 0.15) is 11.6 Å². The Morgan fingerprint density at radius 1 is 1.23 bits per heavy atom. The summed E-state index contributed by atoms with van der Waals surface area (Å²) >= 11 is 1.15. The highest BCUT2D eigenvalue weighted by atomic mass is 32.2. The topological polar surface area (TPSA) is 72.7 Å². The number of halogens is 2. The summed E-state index contributed by atoms with van der Waals surface area (Å²) in [5.41, 5.74) is 0.944. The molecular weight excluding hydrogens is 360 g/mol. The molecule has 2 aromatic carbocycles. The van der Waals surface area contributed by atoms with Gasteiger partial charge in [-0.1, -0.05) is 42.1 Å². The van der Waals surface area contributed by atoms with Crippen LogP contribution < -0.4 is 5.32 Å². The van der Waals surface area contributed by atoms with Crippen molar-refractivity contribution in [3.05, 3.63) is 65.7 Å². The van der Waals surface area contributed by atoms with Gasteiger partial charge >= 0.3 is 0 Å². The highest BCUT2D eigenvalue weighted by Crippen LogP contribution is 2.23. The summed E-state index contributed by atoms with van der Waals surface area (Å²) in [6.45, 7) is 2.13. The van der Waals surface area contributed by atoms with Gasteiger partial charge in [-0.15, -0.1) is 5.10 Å². The molecule has 0 aliphatic rings. The molecule has 0 spiro atoms. The lowest BCUT2D eigenvalue weighted by molar-refractivity contribution is -0.115. The second-order valence-corrected chi connectivity index (χ2v) is 6.79. The number of anilines is 1. The van der Waals surface area contributed by atoms with Gasteiger partial charge in [0, 0.05) is 6.07 Å². The highest BCUT2D eigenvalue weighted by molar-refractivity contribution is 8.00. The zero-order chi connectivity index (χ0) is 18.5. The van der Waals surface area contributed by atoms with Crippen molar-refractivity contribution in [2.75, 3.05) is 5.32 Å². The van der Waals surface area contributed by atoms with Gasteiger partial charge in [-0.05, 0) is 35.0 Å². The van der Waals surface area contributed by atoms with Crippen molar-refractivity contribution in [3.8, 4) is 0 Å². The monoisotopic (exact) mass is 375 g/mol. The minimum atomic E-state index is -0.829. The largest absolute Gasteiger partial charge is 0.323 e. The molecule has 1 atom stereocenters. The zero-order valence-electron chi connectivity index (χ0n) is 13.8. The second-order valence-electron chi connectivity index (χ2n) is 5.48. The number of tetrazole rings is 1. The van der Waals surface area contributed by atoms with Crippen LogP contribution in [0.1, 0.15) is 12.5 Å². The molecule has 134 valence electrons. The van der Waals surface area contributed by atoms with Gasteiger partial charge < -0.3 is 5.32 Å². The van der Waals surface area contributed by atoms with Crippen LogP contribution in [-0.4, -0.2) is 31.4 Å². The molecule has 0 aliphatic heterocycles. The number of rotatable bonds is 6. The van der Waals surface area contributed by atoms with E-state index in [0.29, 0.717) is 17.8 Å². The van der Waals surface area contributed by atoms with Gasteiger partial charge in [0.2, 0.25) is 11.1 Å². The van der Waals surface area contributed by atoms with Gasteiger partial charge in [0.15, 0.2) is 0 Å². The lowest BCUT2D eigenvalue weighted by Gasteiger charge is -2.12. The predicted molar refractivity (Wildman–Crippen MR) is 93.7 cm³/mol. The number of benzene rings is 2. The molecule has 1 unspecified atom stereocenters. The Labute approximate surface area is 152 Å². The molecule has 6 nitrogen and oxygen atoms in total. The van der Waals surface area contributed by atoms with Crippen LogP contribution in [0.4, 0.5) is 14.5 Å². The van der Waals surface area contributed by atoms with E-state index in [1.54, 1.807) is 11.6 Å². The molecule has 3 rings (SSSR count). The molecular formula is C17H15F2N5OS. The fourth-order valence-corrected chi connectivity index (χ4v) is 2.96. The maximum absolute atomic E-state index is 13.7. The third kappa shape index (κ3) is 4.42. The Balaban J connectivity index is 1.65. The van der Waals surface area contributed by atoms with Gasteiger partial charge in [0.05, 0.1) is 17.5 Å². The number of carbonyl (C=O) groups is 1. The Morgan fingerprint density at radius 2 is 2.00 bits per heavy atom. The summed E-state index contributed by atoms with van der Waals surface area (Å²) in [5.74, 6) is -1.97. The van der Waals surface area contributed by atoms with E-state index in [2.05, 4.69) is 20.8 Å². The van der Waals surface area contributed by atoms with Crippen LogP contribution in [0.5, 0.6) is 0 Å². The van der Waals surface area contributed by atoms with Crippen LogP contribution in [0.3, 0.4) is 0 Å². The van der Waals surface area contributed by atoms with Crippen LogP contribution in [0, 0.1) is 11.6 Å². The fourth-order valence-electron chi connectivity index (χ4n) is 2.17. The average Bonchev–Trinajstić information content (AvgIpc) is 3.05. The predicted octanol–water partition coefficient (Wildman–Crippen LogP) is 3.12. The number of carbonyl (C=O) groups excluding carboxylic acids is 1. The Morgan fingerprint density at radius 3 is 2.73 bits per heavy atom. The Bertz CT molecular complexity index is 903. The number of nitrogens with one attached hydrogen (secondary N) is 1. The smallest absolute Gasteiger partial charge is 0.237 e. The summed E-state index contributed by atoms with van der Waals surface area (Å²) in [6.07, 6.45) is 0. The molecule has 0 radical (unpaired) electrons. The molecule has 1 heterocycles. The summed E-state index contributed by atoms with van der Waals surface area (Å²) < 4.78 is 28.2. The molecule has 0 saturated carbocycles. The summed E-state index contributed by atoms with van der Waals surface area (Å²) in [6, 6.07) is 12.6. The van der Waals surface area contributed by atoms with E-state index in [4.69, 9.17) is 0 Å². The van der Waals surface area contributed by atoms with Crippen molar-refractivity contribution in [2.45, 2.75) is 23.9 Å². The first-order valence-electron chi connectivity index (χ1n) is 7.75. The summed E-state index contributed by atoms with van der Waals surface area (Å²) in [7, 11) is 0. The molecule has 1 aromatic heterocycles. The molecule has 0 fully saturated rings. The van der Waals surface area contributed by atoms with Crippen molar-refractivity contribution < 1.29 is 13.6 Å². The van der Waals surface area contributed by atoms with Gasteiger partial charge in [-0.2, -0.15) is 0 Å². The maximum atomic E-state index is 13.7. The van der Waals surface area contributed by atoms with E-state index in [1.807, 2.05) is 30.3 Å². The molecule has 26 heavy (non-hydrogen) atoms. The lowest BCUT2D eigenvalue weighted by Crippen LogP contribution is -2.23. The number of hydrogen-bond donors (Lipinski definition) is 1. The molecule has 0 bridgehead atoms. The van der Waals surface area contributed by atoms with Gasteiger partial charge in [0.25, 0.3) is 0 Å². The van der Waals surface area contributed by atoms with Crippen molar-refractivity contribution in [3.63, 3.8) is 0 Å². The SMILES string of the molecule is CC(Sc1nnnn1Cc1ccccc1)C(=O)Nc1ccc(F)cc1F. The molecule has 3 aromatic rings. The second kappa shape index (κ2) is 8.05. The van der Waals surface area contributed by atoms with Crippen molar-refractivity contribution in [1.82, 2.24) is 20.2 Å². The molecule has 0 saturated heterocycles. The Hall–Kier alpha value is -2.81. The van der Waals surface area contributed by atoms with Crippen molar-refractivity contribution in [2.24, 2.45) is 0 Å². The molecule has 1 N–H and O–H groups in total. The molecule has 1 amide bonds. The normalized spacial score (nSPS) is 12.0. The molecule has 0 aliphatic carbocycles. The number of amides is 1. The maximum Gasteiger partial charge on any atom is 0.237 e. The fraction of sp³-hybridized carbons (Fsp3) is 0.176. The van der Waals surface area contributed by atoms with E-state index in [-0.39, 0.29) is 5.69 Å². The summed E-state index contributed by atoms with van der Waals surface area (Å²) in [4.78, 5) is 12.3. The van der Waals surface area contributed by atoms with Crippen LogP contribution >= 0.6 is 11.8 Å². The van der Waals surface area contributed by atoms with Crippen LogP contribution in [0.15, 0.2) is 53.7 Å². The average molecular weight is 375 g/mol. The van der Waals surface area contributed by atoms with E-state index < -0.39 is 22.8 Å². The third-order valence-corrected chi connectivity index (χ3v) is 4.59. The van der Waals surface area contributed by atoms with E-state index in [0.717, 1.165) is 23.4 Å². The van der Waals surface area contributed by atoms with Crippen molar-refractivity contribution in [1.29, 1.82) is 0 Å². The van der Waals surface area contributed by atoms with Crippen LogP contribution in [0.2, 0.25) is 0 Å². The number of aromatic nitrogens is 4. The highest BCUT2D eigenvalue weighted by Gasteiger charge is 2.20.